The molecule has 2 aromatic rings. The largest absolute Gasteiger partial charge is 0.372 e. The van der Waals surface area contributed by atoms with Crippen LogP contribution in [0.1, 0.15) is 43.9 Å². The Morgan fingerprint density at radius 3 is 2.44 bits per heavy atom. The molecule has 1 heterocycles. The smallest absolute Gasteiger partial charge is 0.171 e. The van der Waals surface area contributed by atoms with E-state index in [9.17, 15) is 0 Å². The lowest BCUT2D eigenvalue weighted by atomic mass is 9.98. The number of aryl methyl sites for hydroxylation is 1. The average molecular weight is 446 g/mol. The van der Waals surface area contributed by atoms with Gasteiger partial charge in [-0.2, -0.15) is 0 Å². The van der Waals surface area contributed by atoms with Gasteiger partial charge in [-0.05, 0) is 86.3 Å². The molecular formula is C22H28BrN3S. The first kappa shape index (κ1) is 20.2. The Morgan fingerprint density at radius 1 is 1.15 bits per heavy atom. The lowest BCUT2D eigenvalue weighted by Gasteiger charge is -2.32. The van der Waals surface area contributed by atoms with E-state index in [4.69, 9.17) is 12.2 Å². The van der Waals surface area contributed by atoms with E-state index in [0.29, 0.717) is 5.11 Å². The van der Waals surface area contributed by atoms with Crippen molar-refractivity contribution >= 4 is 44.6 Å². The number of hydrogen-bond acceptors (Lipinski definition) is 2. The summed E-state index contributed by atoms with van der Waals surface area (Å²) in [7, 11) is 0. The fourth-order valence-electron chi connectivity index (χ4n) is 3.41. The van der Waals surface area contributed by atoms with Gasteiger partial charge in [-0.1, -0.05) is 35.0 Å². The third kappa shape index (κ3) is 5.45. The Balaban J connectivity index is 1.56. The number of anilines is 2. The summed E-state index contributed by atoms with van der Waals surface area (Å²) in [4.78, 5) is 2.49. The van der Waals surface area contributed by atoms with E-state index >= 15 is 0 Å². The number of rotatable bonds is 4. The van der Waals surface area contributed by atoms with E-state index in [0.717, 1.165) is 29.2 Å². The van der Waals surface area contributed by atoms with Gasteiger partial charge in [-0.3, -0.25) is 0 Å². The SMILES string of the molecule is Cc1cc(NC(=S)N[C@@H](C)c2ccc(N3CCC(C)CC3)cc2)ccc1Br. The van der Waals surface area contributed by atoms with E-state index in [-0.39, 0.29) is 6.04 Å². The van der Waals surface area contributed by atoms with Crippen LogP contribution in [0.5, 0.6) is 0 Å². The summed E-state index contributed by atoms with van der Waals surface area (Å²) in [6, 6.07) is 15.2. The van der Waals surface area contributed by atoms with E-state index < -0.39 is 0 Å². The van der Waals surface area contributed by atoms with Gasteiger partial charge in [0.05, 0.1) is 6.04 Å². The van der Waals surface area contributed by atoms with Crippen molar-refractivity contribution < 1.29 is 0 Å². The lowest BCUT2D eigenvalue weighted by Crippen LogP contribution is -2.33. The monoisotopic (exact) mass is 445 g/mol. The summed E-state index contributed by atoms with van der Waals surface area (Å²) in [5, 5.41) is 7.28. The van der Waals surface area contributed by atoms with Gasteiger partial charge in [0, 0.05) is 28.9 Å². The molecule has 144 valence electrons. The molecule has 2 aromatic carbocycles. The topological polar surface area (TPSA) is 27.3 Å². The Kier molecular flexibility index (Phi) is 6.77. The van der Waals surface area contributed by atoms with Crippen LogP contribution in [-0.4, -0.2) is 18.2 Å². The summed E-state index contributed by atoms with van der Waals surface area (Å²) in [5.41, 5.74) is 4.73. The van der Waals surface area contributed by atoms with Gasteiger partial charge >= 0.3 is 0 Å². The van der Waals surface area contributed by atoms with Crippen molar-refractivity contribution in [1.29, 1.82) is 0 Å². The predicted molar refractivity (Wildman–Crippen MR) is 124 cm³/mol. The Labute approximate surface area is 176 Å². The number of nitrogens with zero attached hydrogens (tertiary/aromatic N) is 1. The standard InChI is InChI=1S/C22H28BrN3S/c1-15-10-12-26(13-11-15)20-7-4-18(5-8-20)17(3)24-22(27)25-19-6-9-21(23)16(2)14-19/h4-9,14-15,17H,10-13H2,1-3H3,(H2,24,25,27)/t17-/m0/s1. The second-order valence-electron chi connectivity index (χ2n) is 7.55. The van der Waals surface area contributed by atoms with E-state index in [2.05, 4.69) is 82.6 Å². The molecule has 0 aliphatic carbocycles. The van der Waals surface area contributed by atoms with Crippen LogP contribution >= 0.6 is 28.1 Å². The van der Waals surface area contributed by atoms with Gasteiger partial charge in [-0.25, -0.2) is 0 Å². The van der Waals surface area contributed by atoms with Gasteiger partial charge < -0.3 is 15.5 Å². The van der Waals surface area contributed by atoms with Crippen LogP contribution in [0.25, 0.3) is 0 Å². The number of thiocarbonyl (C=S) groups is 1. The van der Waals surface area contributed by atoms with Gasteiger partial charge in [0.1, 0.15) is 0 Å². The maximum absolute atomic E-state index is 5.49. The third-order valence-electron chi connectivity index (χ3n) is 5.31. The second-order valence-corrected chi connectivity index (χ2v) is 8.81. The number of nitrogens with one attached hydrogen (secondary N) is 2. The van der Waals surface area contributed by atoms with Gasteiger partial charge in [0.2, 0.25) is 0 Å². The maximum atomic E-state index is 5.49. The van der Waals surface area contributed by atoms with Crippen LogP contribution in [-0.2, 0) is 0 Å². The normalized spacial score (nSPS) is 16.1. The average Bonchev–Trinajstić information content (AvgIpc) is 2.65. The molecule has 0 spiro atoms. The van der Waals surface area contributed by atoms with Crippen molar-refractivity contribution in [3.8, 4) is 0 Å². The lowest BCUT2D eigenvalue weighted by molar-refractivity contribution is 0.438. The Hall–Kier alpha value is -1.59. The third-order valence-corrected chi connectivity index (χ3v) is 6.41. The predicted octanol–water partition coefficient (Wildman–Crippen LogP) is 6.04. The zero-order chi connectivity index (χ0) is 19.4. The van der Waals surface area contributed by atoms with Crippen molar-refractivity contribution in [1.82, 2.24) is 5.32 Å². The summed E-state index contributed by atoms with van der Waals surface area (Å²) in [5.74, 6) is 0.854. The minimum absolute atomic E-state index is 0.150. The fourth-order valence-corrected chi connectivity index (χ4v) is 3.95. The molecule has 2 N–H and O–H groups in total. The first-order chi connectivity index (χ1) is 12.9. The Morgan fingerprint density at radius 2 is 1.81 bits per heavy atom. The van der Waals surface area contributed by atoms with Gasteiger partial charge in [0.25, 0.3) is 0 Å². The zero-order valence-corrected chi connectivity index (χ0v) is 18.7. The minimum atomic E-state index is 0.150. The molecule has 0 unspecified atom stereocenters. The van der Waals surface area contributed by atoms with Crippen molar-refractivity contribution in [3.05, 3.63) is 58.1 Å². The van der Waals surface area contributed by atoms with E-state index in [1.165, 1.54) is 29.7 Å². The first-order valence-corrected chi connectivity index (χ1v) is 10.8. The van der Waals surface area contributed by atoms with Gasteiger partial charge in [0.15, 0.2) is 5.11 Å². The fraction of sp³-hybridized carbons (Fsp3) is 0.409. The molecule has 1 saturated heterocycles. The van der Waals surface area contributed by atoms with Gasteiger partial charge in [-0.15, -0.1) is 0 Å². The van der Waals surface area contributed by atoms with Crippen LogP contribution < -0.4 is 15.5 Å². The highest BCUT2D eigenvalue weighted by molar-refractivity contribution is 9.10. The molecule has 5 heteroatoms. The molecule has 1 atom stereocenters. The molecule has 1 aliphatic rings. The highest BCUT2D eigenvalue weighted by Crippen LogP contribution is 2.25. The quantitative estimate of drug-likeness (QED) is 0.560. The van der Waals surface area contributed by atoms with Crippen molar-refractivity contribution in [3.63, 3.8) is 0 Å². The highest BCUT2D eigenvalue weighted by Gasteiger charge is 2.16. The molecule has 0 amide bonds. The molecule has 3 nitrogen and oxygen atoms in total. The zero-order valence-electron chi connectivity index (χ0n) is 16.3. The Bertz CT molecular complexity index is 783. The first-order valence-electron chi connectivity index (χ1n) is 9.61. The second kappa shape index (κ2) is 9.07. The minimum Gasteiger partial charge on any atom is -0.372 e. The van der Waals surface area contributed by atoms with Crippen LogP contribution in [0.15, 0.2) is 46.9 Å². The van der Waals surface area contributed by atoms with Crippen LogP contribution in [0, 0.1) is 12.8 Å². The van der Waals surface area contributed by atoms with Crippen molar-refractivity contribution in [2.45, 2.75) is 39.7 Å². The molecule has 3 rings (SSSR count). The molecule has 27 heavy (non-hydrogen) atoms. The number of benzene rings is 2. The molecule has 0 saturated carbocycles. The summed E-state index contributed by atoms with van der Waals surface area (Å²) in [6.07, 6.45) is 2.57. The molecule has 0 bridgehead atoms. The maximum Gasteiger partial charge on any atom is 0.171 e. The molecule has 0 aromatic heterocycles. The number of halogens is 1. The molecular weight excluding hydrogens is 418 g/mol. The van der Waals surface area contributed by atoms with E-state index in [1.54, 1.807) is 0 Å². The summed E-state index contributed by atoms with van der Waals surface area (Å²) >= 11 is 9.01. The van der Waals surface area contributed by atoms with Crippen molar-refractivity contribution in [2.75, 3.05) is 23.3 Å². The summed E-state index contributed by atoms with van der Waals surface area (Å²) in [6.45, 7) is 8.88. The molecule has 0 radical (unpaired) electrons. The number of hydrogen-bond donors (Lipinski definition) is 2. The van der Waals surface area contributed by atoms with Crippen molar-refractivity contribution in [2.24, 2.45) is 5.92 Å². The van der Waals surface area contributed by atoms with E-state index in [1.807, 2.05) is 12.1 Å². The van der Waals surface area contributed by atoms with Crippen LogP contribution in [0.3, 0.4) is 0 Å². The summed E-state index contributed by atoms with van der Waals surface area (Å²) < 4.78 is 1.10. The molecule has 1 fully saturated rings. The number of piperidine rings is 1. The highest BCUT2D eigenvalue weighted by atomic mass is 79.9. The van der Waals surface area contributed by atoms with Crippen LogP contribution in [0.2, 0.25) is 0 Å². The molecule has 1 aliphatic heterocycles. The van der Waals surface area contributed by atoms with Crippen LogP contribution in [0.4, 0.5) is 11.4 Å².